The van der Waals surface area contributed by atoms with E-state index < -0.39 is 16.0 Å². The molecule has 0 radical (unpaired) electrons. The smallest absolute Gasteiger partial charge is 0.282 e. The van der Waals surface area contributed by atoms with Gasteiger partial charge in [-0.15, -0.1) is 0 Å². The molecule has 0 atom stereocenters. The molecule has 1 heterocycles. The number of rotatable bonds is 7. The van der Waals surface area contributed by atoms with Crippen LogP contribution in [0.4, 0.5) is 4.39 Å². The Morgan fingerprint density at radius 2 is 2.00 bits per heavy atom. The van der Waals surface area contributed by atoms with Crippen LogP contribution in [0.5, 0.6) is 0 Å². The molecular weight excluding hydrogens is 353 g/mol. The fourth-order valence-corrected chi connectivity index (χ4v) is 4.84. The molecule has 0 bridgehead atoms. The highest BCUT2D eigenvalue weighted by atomic mass is 35.5. The summed E-state index contributed by atoms with van der Waals surface area (Å²) in [6.45, 7) is 3.95. The zero-order chi connectivity index (χ0) is 17.7. The summed E-state index contributed by atoms with van der Waals surface area (Å²) < 4.78 is 42.7. The SMILES string of the molecule is CCCN(C1CCNCC1)S(=O)(=O)N(C)Cc1c(F)cccc1Cl. The molecule has 0 spiro atoms. The van der Waals surface area contributed by atoms with Crippen LogP contribution in [-0.2, 0) is 16.8 Å². The molecule has 0 unspecified atom stereocenters. The second-order valence-electron chi connectivity index (χ2n) is 6.06. The highest BCUT2D eigenvalue weighted by Gasteiger charge is 2.33. The summed E-state index contributed by atoms with van der Waals surface area (Å²) in [7, 11) is -2.21. The Kier molecular flexibility index (Phi) is 7.00. The van der Waals surface area contributed by atoms with E-state index in [1.165, 1.54) is 23.5 Å². The average Bonchev–Trinajstić information content (AvgIpc) is 2.56. The third kappa shape index (κ3) is 4.46. The molecule has 2 rings (SSSR count). The summed E-state index contributed by atoms with van der Waals surface area (Å²) in [5.74, 6) is -0.492. The lowest BCUT2D eigenvalue weighted by Crippen LogP contribution is -2.50. The zero-order valence-corrected chi connectivity index (χ0v) is 15.7. The van der Waals surface area contributed by atoms with E-state index in [-0.39, 0.29) is 23.2 Å². The minimum Gasteiger partial charge on any atom is -0.317 e. The summed E-state index contributed by atoms with van der Waals surface area (Å²) >= 11 is 6.03. The van der Waals surface area contributed by atoms with Crippen molar-refractivity contribution in [2.75, 3.05) is 26.7 Å². The monoisotopic (exact) mass is 377 g/mol. The fraction of sp³-hybridized carbons (Fsp3) is 0.625. The van der Waals surface area contributed by atoms with Crippen molar-refractivity contribution in [2.24, 2.45) is 0 Å². The van der Waals surface area contributed by atoms with Gasteiger partial charge in [0.05, 0.1) is 0 Å². The van der Waals surface area contributed by atoms with Gasteiger partial charge in [0.2, 0.25) is 0 Å². The molecule has 24 heavy (non-hydrogen) atoms. The maximum absolute atomic E-state index is 14.0. The molecule has 0 amide bonds. The van der Waals surface area contributed by atoms with E-state index in [2.05, 4.69) is 5.32 Å². The van der Waals surface area contributed by atoms with Gasteiger partial charge in [0.1, 0.15) is 5.82 Å². The number of hydrogen-bond donors (Lipinski definition) is 1. The van der Waals surface area contributed by atoms with Gasteiger partial charge in [-0.05, 0) is 44.5 Å². The summed E-state index contributed by atoms with van der Waals surface area (Å²) in [5.41, 5.74) is 0.201. The van der Waals surface area contributed by atoms with Gasteiger partial charge in [0.15, 0.2) is 0 Å². The van der Waals surface area contributed by atoms with Crippen LogP contribution in [0.2, 0.25) is 5.02 Å². The average molecular weight is 378 g/mol. The maximum atomic E-state index is 14.0. The molecule has 1 saturated heterocycles. The van der Waals surface area contributed by atoms with Crippen molar-refractivity contribution in [1.29, 1.82) is 0 Å². The molecule has 5 nitrogen and oxygen atoms in total. The fourth-order valence-electron chi connectivity index (χ4n) is 2.97. The Balaban J connectivity index is 2.22. The van der Waals surface area contributed by atoms with Crippen molar-refractivity contribution >= 4 is 21.8 Å². The first kappa shape index (κ1) is 19.6. The molecule has 1 N–H and O–H groups in total. The lowest BCUT2D eigenvalue weighted by molar-refractivity contribution is 0.245. The molecule has 0 saturated carbocycles. The minimum atomic E-state index is -3.68. The summed E-state index contributed by atoms with van der Waals surface area (Å²) in [6, 6.07) is 4.35. The summed E-state index contributed by atoms with van der Waals surface area (Å²) in [5, 5.41) is 3.48. The first-order valence-corrected chi connectivity index (χ1v) is 10.0. The van der Waals surface area contributed by atoms with E-state index in [0.717, 1.165) is 32.4 Å². The molecular formula is C16H25ClFN3O2S. The quantitative estimate of drug-likeness (QED) is 0.794. The first-order chi connectivity index (χ1) is 11.4. The van der Waals surface area contributed by atoms with Crippen molar-refractivity contribution in [2.45, 2.75) is 38.8 Å². The highest BCUT2D eigenvalue weighted by molar-refractivity contribution is 7.86. The van der Waals surface area contributed by atoms with Crippen LogP contribution in [0.3, 0.4) is 0 Å². The molecule has 1 aliphatic rings. The Morgan fingerprint density at radius 3 is 2.58 bits per heavy atom. The molecule has 8 heteroatoms. The Bertz CT molecular complexity index is 630. The number of nitrogens with zero attached hydrogens (tertiary/aromatic N) is 2. The predicted octanol–water partition coefficient (Wildman–Crippen LogP) is 2.62. The van der Waals surface area contributed by atoms with Crippen LogP contribution in [0.25, 0.3) is 0 Å². The Morgan fingerprint density at radius 1 is 1.33 bits per heavy atom. The number of nitrogens with one attached hydrogen (secondary N) is 1. The van der Waals surface area contributed by atoms with Crippen LogP contribution in [-0.4, -0.2) is 49.8 Å². The van der Waals surface area contributed by atoms with Gasteiger partial charge in [-0.3, -0.25) is 0 Å². The van der Waals surface area contributed by atoms with Crippen molar-refractivity contribution in [3.05, 3.63) is 34.6 Å². The van der Waals surface area contributed by atoms with Crippen LogP contribution < -0.4 is 5.32 Å². The molecule has 0 aromatic heterocycles. The van der Waals surface area contributed by atoms with Crippen LogP contribution >= 0.6 is 11.6 Å². The second-order valence-corrected chi connectivity index (χ2v) is 8.45. The third-order valence-electron chi connectivity index (χ3n) is 4.29. The minimum absolute atomic E-state index is 0.0188. The van der Waals surface area contributed by atoms with Crippen molar-refractivity contribution < 1.29 is 12.8 Å². The van der Waals surface area contributed by atoms with E-state index in [4.69, 9.17) is 11.6 Å². The Labute approximate surface area is 149 Å². The third-order valence-corrected chi connectivity index (χ3v) is 6.64. The van der Waals surface area contributed by atoms with Crippen molar-refractivity contribution in [1.82, 2.24) is 13.9 Å². The maximum Gasteiger partial charge on any atom is 0.282 e. The number of hydrogen-bond acceptors (Lipinski definition) is 3. The van der Waals surface area contributed by atoms with Gasteiger partial charge < -0.3 is 5.32 Å². The van der Waals surface area contributed by atoms with E-state index in [0.29, 0.717) is 6.54 Å². The largest absolute Gasteiger partial charge is 0.317 e. The van der Waals surface area contributed by atoms with E-state index in [1.807, 2.05) is 6.92 Å². The van der Waals surface area contributed by atoms with Crippen molar-refractivity contribution in [3.8, 4) is 0 Å². The second kappa shape index (κ2) is 8.58. The van der Waals surface area contributed by atoms with E-state index in [1.54, 1.807) is 10.4 Å². The topological polar surface area (TPSA) is 52.7 Å². The van der Waals surface area contributed by atoms with Gasteiger partial charge in [-0.2, -0.15) is 17.0 Å². The normalized spacial score (nSPS) is 16.9. The summed E-state index contributed by atoms with van der Waals surface area (Å²) in [6.07, 6.45) is 2.30. The van der Waals surface area contributed by atoms with Gasteiger partial charge in [-0.25, -0.2) is 4.39 Å². The van der Waals surface area contributed by atoms with Crippen LogP contribution in [0.15, 0.2) is 18.2 Å². The van der Waals surface area contributed by atoms with Gasteiger partial charge >= 0.3 is 0 Å². The number of piperidine rings is 1. The lowest BCUT2D eigenvalue weighted by Gasteiger charge is -2.36. The highest BCUT2D eigenvalue weighted by Crippen LogP contribution is 2.24. The number of benzene rings is 1. The standard InChI is InChI=1S/C16H25ClFN3O2S/c1-3-11-21(13-7-9-19-10-8-13)24(22,23)20(2)12-14-15(17)5-4-6-16(14)18/h4-6,13,19H,3,7-12H2,1-2H3. The lowest BCUT2D eigenvalue weighted by atomic mass is 10.1. The molecule has 1 aliphatic heterocycles. The first-order valence-electron chi connectivity index (χ1n) is 8.24. The van der Waals surface area contributed by atoms with Crippen LogP contribution in [0.1, 0.15) is 31.7 Å². The molecule has 1 fully saturated rings. The molecule has 1 aromatic carbocycles. The van der Waals surface area contributed by atoms with Gasteiger partial charge in [-0.1, -0.05) is 24.6 Å². The van der Waals surface area contributed by atoms with Crippen LogP contribution in [0, 0.1) is 5.82 Å². The van der Waals surface area contributed by atoms with Gasteiger partial charge in [0.25, 0.3) is 10.2 Å². The molecule has 1 aromatic rings. The molecule has 0 aliphatic carbocycles. The summed E-state index contributed by atoms with van der Waals surface area (Å²) in [4.78, 5) is 0. The Hall–Kier alpha value is -0.730. The predicted molar refractivity (Wildman–Crippen MR) is 94.7 cm³/mol. The van der Waals surface area contributed by atoms with E-state index >= 15 is 0 Å². The number of halogens is 2. The van der Waals surface area contributed by atoms with E-state index in [9.17, 15) is 12.8 Å². The van der Waals surface area contributed by atoms with Gasteiger partial charge in [0, 0.05) is 36.8 Å². The van der Waals surface area contributed by atoms with Crippen molar-refractivity contribution in [3.63, 3.8) is 0 Å². The zero-order valence-electron chi connectivity index (χ0n) is 14.1. The molecule has 136 valence electrons.